The molecule has 6 heteroatoms. The fraction of sp³-hybridized carbons (Fsp3) is 0.583. The molecule has 1 fully saturated rings. The fourth-order valence-electron chi connectivity index (χ4n) is 2.21. The minimum Gasteiger partial charge on any atom is -0.394 e. The number of rotatable bonds is 2. The Hall–Kier alpha value is -1.21. The van der Waals surface area contributed by atoms with Crippen LogP contribution >= 0.6 is 0 Å². The van der Waals surface area contributed by atoms with Crippen LogP contribution in [0.1, 0.15) is 13.3 Å². The first kappa shape index (κ1) is 13.2. The minimum atomic E-state index is -1.63. The van der Waals surface area contributed by atoms with Crippen molar-refractivity contribution in [2.75, 3.05) is 6.61 Å². The predicted octanol–water partition coefficient (Wildman–Crippen LogP) is -0.882. The highest BCUT2D eigenvalue weighted by Crippen LogP contribution is 2.34. The highest BCUT2D eigenvalue weighted by molar-refractivity contribution is 5.82. The van der Waals surface area contributed by atoms with Crippen molar-refractivity contribution in [2.45, 2.75) is 37.4 Å². The summed E-state index contributed by atoms with van der Waals surface area (Å²) >= 11 is 0. The average Bonchev–Trinajstić information content (AvgIpc) is 2.52. The highest BCUT2D eigenvalue weighted by atomic mass is 16.6. The van der Waals surface area contributed by atoms with Gasteiger partial charge in [0, 0.05) is 6.20 Å². The van der Waals surface area contributed by atoms with E-state index in [-0.39, 0.29) is 12.3 Å². The van der Waals surface area contributed by atoms with Crippen LogP contribution in [-0.2, 0) is 9.53 Å². The van der Waals surface area contributed by atoms with Gasteiger partial charge in [0.1, 0.15) is 17.8 Å². The van der Waals surface area contributed by atoms with Crippen molar-refractivity contribution in [3.05, 3.63) is 24.4 Å². The fourth-order valence-corrected chi connectivity index (χ4v) is 2.21. The molecule has 4 atom stereocenters. The van der Waals surface area contributed by atoms with E-state index in [1.54, 1.807) is 6.08 Å². The number of nitrogens with zero attached hydrogens (tertiary/aromatic N) is 1. The van der Waals surface area contributed by atoms with Gasteiger partial charge in [-0.2, -0.15) is 0 Å². The van der Waals surface area contributed by atoms with Gasteiger partial charge in [0.15, 0.2) is 6.23 Å². The van der Waals surface area contributed by atoms with Gasteiger partial charge < -0.3 is 20.1 Å². The zero-order valence-electron chi connectivity index (χ0n) is 10.1. The lowest BCUT2D eigenvalue weighted by molar-refractivity contribution is -0.156. The SMILES string of the molecule is C=C1C=CN([C@@H]2O[C@H](CO)[C@@H](O)[C@@]2(C)O)C(=O)C1. The number of carbonyl (C=O) groups is 1. The normalized spacial score (nSPS) is 40.7. The Bertz CT molecular complexity index is 403. The summed E-state index contributed by atoms with van der Waals surface area (Å²) in [5.41, 5.74) is -0.959. The van der Waals surface area contributed by atoms with Crippen LogP contribution in [0, 0.1) is 0 Å². The molecule has 0 bridgehead atoms. The molecule has 0 saturated carbocycles. The molecule has 18 heavy (non-hydrogen) atoms. The molecule has 2 aliphatic heterocycles. The summed E-state index contributed by atoms with van der Waals surface area (Å²) < 4.78 is 5.36. The summed E-state index contributed by atoms with van der Waals surface area (Å²) in [4.78, 5) is 13.1. The van der Waals surface area contributed by atoms with Gasteiger partial charge in [0.05, 0.1) is 13.0 Å². The van der Waals surface area contributed by atoms with E-state index in [0.29, 0.717) is 5.57 Å². The summed E-state index contributed by atoms with van der Waals surface area (Å²) in [5.74, 6) is -0.265. The van der Waals surface area contributed by atoms with Gasteiger partial charge in [-0.3, -0.25) is 9.69 Å². The smallest absolute Gasteiger partial charge is 0.233 e. The van der Waals surface area contributed by atoms with Crippen molar-refractivity contribution in [2.24, 2.45) is 0 Å². The van der Waals surface area contributed by atoms with E-state index in [9.17, 15) is 15.0 Å². The number of hydrogen-bond donors (Lipinski definition) is 3. The standard InChI is InChI=1S/C12H17NO5/c1-7-3-4-13(9(15)5-7)11-12(2,17)10(16)8(6-14)18-11/h3-4,8,10-11,14,16-17H,1,5-6H2,2H3/t8-,10-,11-,12-/m1/s1. The number of hydrogen-bond acceptors (Lipinski definition) is 5. The first-order valence-electron chi connectivity index (χ1n) is 5.72. The molecule has 6 nitrogen and oxygen atoms in total. The third kappa shape index (κ3) is 1.97. The zero-order valence-corrected chi connectivity index (χ0v) is 10.1. The summed E-state index contributed by atoms with van der Waals surface area (Å²) in [6, 6.07) is 0. The molecule has 2 aliphatic rings. The van der Waals surface area contributed by atoms with Crippen LogP contribution in [0.3, 0.4) is 0 Å². The molecule has 0 spiro atoms. The quantitative estimate of drug-likeness (QED) is 0.596. The van der Waals surface area contributed by atoms with Gasteiger partial charge >= 0.3 is 0 Å². The van der Waals surface area contributed by atoms with Gasteiger partial charge in [0.25, 0.3) is 0 Å². The molecule has 0 aromatic carbocycles. The van der Waals surface area contributed by atoms with Gasteiger partial charge in [0.2, 0.25) is 5.91 Å². The van der Waals surface area contributed by atoms with Crippen molar-refractivity contribution >= 4 is 5.91 Å². The molecule has 0 unspecified atom stereocenters. The number of aliphatic hydroxyl groups excluding tert-OH is 2. The number of ether oxygens (including phenoxy) is 1. The third-order valence-electron chi connectivity index (χ3n) is 3.32. The first-order valence-corrected chi connectivity index (χ1v) is 5.72. The first-order chi connectivity index (χ1) is 8.37. The van der Waals surface area contributed by atoms with Gasteiger partial charge in [-0.1, -0.05) is 6.58 Å². The van der Waals surface area contributed by atoms with Crippen LogP contribution in [0.5, 0.6) is 0 Å². The summed E-state index contributed by atoms with van der Waals surface area (Å²) in [6.07, 6.45) is 0.0997. The molecule has 0 aromatic rings. The summed E-state index contributed by atoms with van der Waals surface area (Å²) in [7, 11) is 0. The molecule has 1 saturated heterocycles. The van der Waals surface area contributed by atoms with E-state index >= 15 is 0 Å². The predicted molar refractivity (Wildman–Crippen MR) is 62.1 cm³/mol. The minimum absolute atomic E-state index is 0.145. The van der Waals surface area contributed by atoms with Crippen LogP contribution in [0.2, 0.25) is 0 Å². The topological polar surface area (TPSA) is 90.2 Å². The number of carbonyl (C=O) groups excluding carboxylic acids is 1. The van der Waals surface area contributed by atoms with E-state index in [0.717, 1.165) is 0 Å². The second kappa shape index (κ2) is 4.47. The van der Waals surface area contributed by atoms with Gasteiger partial charge in [-0.05, 0) is 18.6 Å². The molecular formula is C12H17NO5. The Balaban J connectivity index is 2.26. The Labute approximate surface area is 105 Å². The van der Waals surface area contributed by atoms with Gasteiger partial charge in [-0.15, -0.1) is 0 Å². The monoisotopic (exact) mass is 255 g/mol. The van der Waals surface area contributed by atoms with Crippen molar-refractivity contribution in [3.63, 3.8) is 0 Å². The highest BCUT2D eigenvalue weighted by Gasteiger charge is 2.55. The Morgan fingerprint density at radius 1 is 1.67 bits per heavy atom. The molecule has 3 N–H and O–H groups in total. The van der Waals surface area contributed by atoms with Crippen LogP contribution in [-0.4, -0.2) is 56.8 Å². The maximum atomic E-state index is 11.9. The molecule has 100 valence electrons. The van der Waals surface area contributed by atoms with Crippen LogP contribution in [0.25, 0.3) is 0 Å². The number of aliphatic hydroxyl groups is 3. The van der Waals surface area contributed by atoms with E-state index in [1.807, 2.05) is 0 Å². The largest absolute Gasteiger partial charge is 0.394 e. The number of amides is 1. The summed E-state index contributed by atoms with van der Waals surface area (Å²) in [5, 5.41) is 29.1. The average molecular weight is 255 g/mol. The molecule has 1 amide bonds. The van der Waals surface area contributed by atoms with Crippen molar-refractivity contribution < 1.29 is 24.9 Å². The molecular weight excluding hydrogens is 238 g/mol. The maximum absolute atomic E-state index is 11.9. The Morgan fingerprint density at radius 2 is 2.33 bits per heavy atom. The molecule has 2 rings (SSSR count). The second-order valence-corrected chi connectivity index (χ2v) is 4.83. The molecule has 2 heterocycles. The Kier molecular flexibility index (Phi) is 3.29. The second-order valence-electron chi connectivity index (χ2n) is 4.83. The van der Waals surface area contributed by atoms with Crippen LogP contribution < -0.4 is 0 Å². The molecule has 0 aromatic heterocycles. The van der Waals surface area contributed by atoms with E-state index in [4.69, 9.17) is 9.84 Å². The Morgan fingerprint density at radius 3 is 2.83 bits per heavy atom. The maximum Gasteiger partial charge on any atom is 0.233 e. The van der Waals surface area contributed by atoms with Crippen molar-refractivity contribution in [1.82, 2.24) is 4.90 Å². The zero-order chi connectivity index (χ0) is 13.5. The number of allylic oxidation sites excluding steroid dienone is 1. The lowest BCUT2D eigenvalue weighted by Crippen LogP contribution is -2.53. The lowest BCUT2D eigenvalue weighted by Gasteiger charge is -2.35. The van der Waals surface area contributed by atoms with E-state index < -0.39 is 30.6 Å². The van der Waals surface area contributed by atoms with Crippen molar-refractivity contribution in [3.8, 4) is 0 Å². The molecule has 0 radical (unpaired) electrons. The lowest BCUT2D eigenvalue weighted by atomic mass is 9.95. The van der Waals surface area contributed by atoms with Crippen molar-refractivity contribution in [1.29, 1.82) is 0 Å². The van der Waals surface area contributed by atoms with E-state index in [1.165, 1.54) is 18.0 Å². The van der Waals surface area contributed by atoms with E-state index in [2.05, 4.69) is 6.58 Å². The van der Waals surface area contributed by atoms with Crippen LogP contribution in [0.4, 0.5) is 0 Å². The summed E-state index contributed by atoms with van der Waals surface area (Å²) in [6.45, 7) is 4.63. The van der Waals surface area contributed by atoms with Gasteiger partial charge in [-0.25, -0.2) is 0 Å². The third-order valence-corrected chi connectivity index (χ3v) is 3.32. The van der Waals surface area contributed by atoms with Crippen LogP contribution in [0.15, 0.2) is 24.4 Å². The molecule has 0 aliphatic carbocycles.